The molecule has 2 N–H and O–H groups in total. The van der Waals surface area contributed by atoms with Crippen LogP contribution in [0.2, 0.25) is 0 Å². The van der Waals surface area contributed by atoms with Crippen LogP contribution < -0.4 is 10.6 Å². The van der Waals surface area contributed by atoms with Gasteiger partial charge in [-0.3, -0.25) is 4.79 Å². The zero-order valence-electron chi connectivity index (χ0n) is 15.2. The first-order valence-corrected chi connectivity index (χ1v) is 8.69. The molecule has 0 radical (unpaired) electrons. The molecule has 3 rings (SSSR count). The van der Waals surface area contributed by atoms with Crippen molar-refractivity contribution in [2.24, 2.45) is 0 Å². The second kappa shape index (κ2) is 7.82. The molecule has 0 atom stereocenters. The number of nitrogens with zero attached hydrogens (tertiary/aromatic N) is 2. The Morgan fingerprint density at radius 1 is 1.08 bits per heavy atom. The molecule has 0 saturated carbocycles. The maximum absolute atomic E-state index is 12.2. The first-order valence-electron chi connectivity index (χ1n) is 8.69. The predicted octanol–water partition coefficient (Wildman–Crippen LogP) is 4.50. The number of aryl methyl sites for hydroxylation is 3. The number of para-hydroxylation sites is 1. The maximum Gasteiger partial charge on any atom is 0.258 e. The summed E-state index contributed by atoms with van der Waals surface area (Å²) < 4.78 is 4.94. The van der Waals surface area contributed by atoms with Crippen LogP contribution >= 0.6 is 0 Å². The van der Waals surface area contributed by atoms with Gasteiger partial charge in [-0.25, -0.2) is 4.98 Å². The monoisotopic (exact) mass is 350 g/mol. The number of carbonyl (C=O) groups excluding carboxylic acids is 1. The van der Waals surface area contributed by atoms with Gasteiger partial charge < -0.3 is 15.2 Å². The Morgan fingerprint density at radius 2 is 1.81 bits per heavy atom. The van der Waals surface area contributed by atoms with E-state index in [1.165, 1.54) is 11.1 Å². The molecule has 0 aliphatic carbocycles. The lowest BCUT2D eigenvalue weighted by Crippen LogP contribution is -2.12. The fraction of sp³-hybridized carbons (Fsp3) is 0.250. The van der Waals surface area contributed by atoms with Crippen LogP contribution in [0.15, 0.2) is 47.1 Å². The molecule has 0 aliphatic rings. The smallest absolute Gasteiger partial charge is 0.258 e. The molecule has 26 heavy (non-hydrogen) atoms. The lowest BCUT2D eigenvalue weighted by molar-refractivity contribution is 0.102. The summed E-state index contributed by atoms with van der Waals surface area (Å²) >= 11 is 0. The number of nitrogens with one attached hydrogen (secondary N) is 2. The van der Waals surface area contributed by atoms with Gasteiger partial charge in [0.25, 0.3) is 5.91 Å². The summed E-state index contributed by atoms with van der Waals surface area (Å²) in [6, 6.07) is 11.5. The van der Waals surface area contributed by atoms with E-state index in [9.17, 15) is 4.79 Å². The fourth-order valence-corrected chi connectivity index (χ4v) is 2.75. The topological polar surface area (TPSA) is 80.0 Å². The van der Waals surface area contributed by atoms with E-state index in [0.29, 0.717) is 23.0 Å². The predicted molar refractivity (Wildman–Crippen MR) is 102 cm³/mol. The van der Waals surface area contributed by atoms with Crippen LogP contribution in [-0.4, -0.2) is 16.0 Å². The molecule has 2 aromatic heterocycles. The van der Waals surface area contributed by atoms with Gasteiger partial charge in [0.05, 0.1) is 5.56 Å². The summed E-state index contributed by atoms with van der Waals surface area (Å²) in [5, 5.41) is 9.83. The average Bonchev–Trinajstić information content (AvgIpc) is 3.07. The molecule has 6 nitrogen and oxygen atoms in total. The number of benzene rings is 1. The van der Waals surface area contributed by atoms with Crippen molar-refractivity contribution in [2.45, 2.75) is 33.6 Å². The van der Waals surface area contributed by atoms with Gasteiger partial charge in [0, 0.05) is 18.0 Å². The Morgan fingerprint density at radius 3 is 2.35 bits per heavy atom. The van der Waals surface area contributed by atoms with E-state index in [4.69, 9.17) is 4.52 Å². The Hall–Kier alpha value is -3.15. The molecule has 6 heteroatoms. The summed E-state index contributed by atoms with van der Waals surface area (Å²) in [6.07, 6.45) is 3.42. The molecular formula is C20H22N4O2. The number of pyridine rings is 1. The molecule has 0 saturated heterocycles. The van der Waals surface area contributed by atoms with Crippen LogP contribution in [0.1, 0.15) is 41.1 Å². The Bertz CT molecular complexity index is 878. The van der Waals surface area contributed by atoms with Crippen LogP contribution in [0.3, 0.4) is 0 Å². The van der Waals surface area contributed by atoms with Gasteiger partial charge in [-0.15, -0.1) is 0 Å². The van der Waals surface area contributed by atoms with Crippen molar-refractivity contribution < 1.29 is 9.32 Å². The van der Waals surface area contributed by atoms with Gasteiger partial charge in [-0.05, 0) is 43.0 Å². The molecule has 0 unspecified atom stereocenters. The SMILES string of the molecule is CCc1cccc(CC)c1Nc1ccc(C(=O)Nc2cc(C)on2)cn1. The number of hydrogen-bond donors (Lipinski definition) is 2. The molecule has 1 aromatic carbocycles. The molecule has 0 spiro atoms. The largest absolute Gasteiger partial charge is 0.360 e. The van der Waals surface area contributed by atoms with Crippen molar-refractivity contribution in [3.63, 3.8) is 0 Å². The zero-order chi connectivity index (χ0) is 18.5. The number of rotatable bonds is 6. The molecule has 0 aliphatic heterocycles. The van der Waals surface area contributed by atoms with Gasteiger partial charge in [0.15, 0.2) is 5.82 Å². The number of anilines is 3. The normalized spacial score (nSPS) is 10.6. The molecule has 0 fully saturated rings. The highest BCUT2D eigenvalue weighted by Gasteiger charge is 2.11. The van der Waals surface area contributed by atoms with Crippen molar-refractivity contribution in [1.82, 2.24) is 10.1 Å². The zero-order valence-corrected chi connectivity index (χ0v) is 15.2. The second-order valence-electron chi connectivity index (χ2n) is 5.99. The summed E-state index contributed by atoms with van der Waals surface area (Å²) in [5.74, 6) is 1.45. The summed E-state index contributed by atoms with van der Waals surface area (Å²) in [6.45, 7) is 6.03. The van der Waals surface area contributed by atoms with Crippen molar-refractivity contribution in [1.29, 1.82) is 0 Å². The minimum Gasteiger partial charge on any atom is -0.360 e. The molecule has 134 valence electrons. The molecule has 1 amide bonds. The lowest BCUT2D eigenvalue weighted by Gasteiger charge is -2.15. The van der Waals surface area contributed by atoms with Crippen LogP contribution in [-0.2, 0) is 12.8 Å². The van der Waals surface area contributed by atoms with Gasteiger partial charge >= 0.3 is 0 Å². The highest BCUT2D eigenvalue weighted by atomic mass is 16.5. The van der Waals surface area contributed by atoms with E-state index >= 15 is 0 Å². The van der Waals surface area contributed by atoms with E-state index in [1.807, 2.05) is 0 Å². The third kappa shape index (κ3) is 3.91. The van der Waals surface area contributed by atoms with E-state index in [1.54, 1.807) is 31.3 Å². The van der Waals surface area contributed by atoms with Crippen molar-refractivity contribution in [3.8, 4) is 0 Å². The highest BCUT2D eigenvalue weighted by molar-refractivity contribution is 6.03. The maximum atomic E-state index is 12.2. The Kier molecular flexibility index (Phi) is 5.31. The summed E-state index contributed by atoms with van der Waals surface area (Å²) in [7, 11) is 0. The third-order valence-electron chi connectivity index (χ3n) is 4.15. The average molecular weight is 350 g/mol. The second-order valence-corrected chi connectivity index (χ2v) is 5.99. The Labute approximate surface area is 152 Å². The van der Waals surface area contributed by atoms with Gasteiger partial charge in [0.1, 0.15) is 11.6 Å². The van der Waals surface area contributed by atoms with Crippen molar-refractivity contribution in [2.75, 3.05) is 10.6 Å². The van der Waals surface area contributed by atoms with Crippen molar-refractivity contribution in [3.05, 3.63) is 65.0 Å². The third-order valence-corrected chi connectivity index (χ3v) is 4.15. The Balaban J connectivity index is 1.75. The standard InChI is InChI=1S/C20H22N4O2/c1-4-14-7-6-8-15(5-2)19(14)22-17-10-9-16(12-21-17)20(25)23-18-11-13(3)26-24-18/h6-12H,4-5H2,1-3H3,(H,21,22)(H,23,24,25). The van der Waals surface area contributed by atoms with E-state index in [-0.39, 0.29) is 5.91 Å². The minimum atomic E-state index is -0.277. The van der Waals surface area contributed by atoms with Crippen LogP contribution in [0, 0.1) is 6.92 Å². The number of aromatic nitrogens is 2. The minimum absolute atomic E-state index is 0.277. The number of hydrogen-bond acceptors (Lipinski definition) is 5. The van der Waals surface area contributed by atoms with Gasteiger partial charge in [-0.1, -0.05) is 37.2 Å². The van der Waals surface area contributed by atoms with E-state index < -0.39 is 0 Å². The van der Waals surface area contributed by atoms with E-state index in [2.05, 4.69) is 52.8 Å². The molecular weight excluding hydrogens is 328 g/mol. The van der Waals surface area contributed by atoms with Crippen molar-refractivity contribution >= 4 is 23.2 Å². The van der Waals surface area contributed by atoms with Crippen LogP contribution in [0.25, 0.3) is 0 Å². The number of amides is 1. The highest BCUT2D eigenvalue weighted by Crippen LogP contribution is 2.25. The first kappa shape index (κ1) is 17.7. The van der Waals surface area contributed by atoms with Gasteiger partial charge in [-0.2, -0.15) is 0 Å². The summed E-state index contributed by atoms with van der Waals surface area (Å²) in [5.41, 5.74) is 4.04. The van der Waals surface area contributed by atoms with Crippen LogP contribution in [0.5, 0.6) is 0 Å². The number of carbonyl (C=O) groups is 1. The van der Waals surface area contributed by atoms with Crippen LogP contribution in [0.4, 0.5) is 17.3 Å². The molecule has 0 bridgehead atoms. The van der Waals surface area contributed by atoms with Gasteiger partial charge in [0.2, 0.25) is 0 Å². The fourth-order valence-electron chi connectivity index (χ4n) is 2.75. The quantitative estimate of drug-likeness (QED) is 0.684. The molecule has 2 heterocycles. The summed E-state index contributed by atoms with van der Waals surface area (Å²) in [4.78, 5) is 16.6. The van der Waals surface area contributed by atoms with E-state index in [0.717, 1.165) is 18.5 Å². The lowest BCUT2D eigenvalue weighted by atomic mass is 10.0. The first-order chi connectivity index (χ1) is 12.6. The molecule has 3 aromatic rings.